The first-order valence-corrected chi connectivity index (χ1v) is 5.78. The van der Waals surface area contributed by atoms with Crippen LogP contribution in [0.15, 0.2) is 12.1 Å². The van der Waals surface area contributed by atoms with Crippen LogP contribution in [-0.2, 0) is 4.74 Å². The van der Waals surface area contributed by atoms with Gasteiger partial charge < -0.3 is 15.4 Å². The first kappa shape index (κ1) is 13.6. The van der Waals surface area contributed by atoms with Crippen LogP contribution < -0.4 is 10.6 Å². The number of ether oxygens (including phenoxy) is 1. The van der Waals surface area contributed by atoms with Crippen LogP contribution in [0.4, 0.5) is 11.4 Å². The van der Waals surface area contributed by atoms with Gasteiger partial charge in [-0.15, -0.1) is 0 Å². The number of hydrogen-bond donors (Lipinski definition) is 1. The van der Waals surface area contributed by atoms with E-state index in [1.54, 1.807) is 17.0 Å². The summed E-state index contributed by atoms with van der Waals surface area (Å²) >= 11 is 6.08. The normalized spacial score (nSPS) is 10.1. The minimum absolute atomic E-state index is 0.381. The van der Waals surface area contributed by atoms with Crippen LogP contribution in [-0.4, -0.2) is 26.7 Å². The third kappa shape index (κ3) is 3.27. The molecule has 1 rings (SSSR count). The van der Waals surface area contributed by atoms with Gasteiger partial charge in [-0.3, -0.25) is 0 Å². The van der Waals surface area contributed by atoms with E-state index in [4.69, 9.17) is 22.1 Å². The number of anilines is 2. The molecule has 0 heterocycles. The van der Waals surface area contributed by atoms with Crippen LogP contribution in [0.3, 0.4) is 0 Å². The average molecular weight is 257 g/mol. The SMILES string of the molecule is CCCOC(=O)c1cc(N)c(N(C)C)c(Cl)c1. The van der Waals surface area contributed by atoms with Crippen LogP contribution >= 0.6 is 11.6 Å². The molecule has 0 aliphatic heterocycles. The van der Waals surface area contributed by atoms with E-state index in [9.17, 15) is 4.79 Å². The lowest BCUT2D eigenvalue weighted by atomic mass is 10.1. The number of carbonyl (C=O) groups excluding carboxylic acids is 1. The number of carbonyl (C=O) groups is 1. The number of hydrogen-bond acceptors (Lipinski definition) is 4. The number of benzene rings is 1. The number of nitrogen functional groups attached to an aromatic ring is 1. The topological polar surface area (TPSA) is 55.6 Å². The molecular weight excluding hydrogens is 240 g/mol. The molecule has 1 aromatic carbocycles. The van der Waals surface area contributed by atoms with E-state index >= 15 is 0 Å². The lowest BCUT2D eigenvalue weighted by Crippen LogP contribution is -2.13. The monoisotopic (exact) mass is 256 g/mol. The Hall–Kier alpha value is -1.42. The summed E-state index contributed by atoms with van der Waals surface area (Å²) in [5.74, 6) is -0.397. The standard InChI is InChI=1S/C12H17ClN2O2/c1-4-5-17-12(16)8-6-9(13)11(15(2)3)10(14)7-8/h6-7H,4-5,14H2,1-3H3. The Morgan fingerprint density at radius 2 is 2.12 bits per heavy atom. The first-order chi connectivity index (χ1) is 7.97. The van der Waals surface area contributed by atoms with Gasteiger partial charge in [0.2, 0.25) is 0 Å². The molecule has 0 aromatic heterocycles. The lowest BCUT2D eigenvalue weighted by molar-refractivity contribution is 0.0505. The Morgan fingerprint density at radius 3 is 2.59 bits per heavy atom. The van der Waals surface area contributed by atoms with E-state index in [1.165, 1.54) is 0 Å². The summed E-state index contributed by atoms with van der Waals surface area (Å²) < 4.78 is 5.02. The second kappa shape index (κ2) is 5.77. The zero-order chi connectivity index (χ0) is 13.0. The summed E-state index contributed by atoms with van der Waals surface area (Å²) in [6.45, 7) is 2.33. The fourth-order valence-corrected chi connectivity index (χ4v) is 1.88. The second-order valence-corrected chi connectivity index (χ2v) is 4.33. The average Bonchev–Trinajstić information content (AvgIpc) is 2.24. The number of rotatable bonds is 4. The summed E-state index contributed by atoms with van der Waals surface area (Å²) in [6.07, 6.45) is 0.782. The van der Waals surface area contributed by atoms with E-state index in [0.717, 1.165) is 6.42 Å². The maximum Gasteiger partial charge on any atom is 0.338 e. The molecule has 0 amide bonds. The van der Waals surface area contributed by atoms with Gasteiger partial charge in [0.25, 0.3) is 0 Å². The molecule has 0 aliphatic carbocycles. The summed E-state index contributed by atoms with van der Waals surface area (Å²) in [5.41, 5.74) is 7.41. The van der Waals surface area contributed by atoms with Crippen LogP contribution in [0, 0.1) is 0 Å². The minimum atomic E-state index is -0.397. The summed E-state index contributed by atoms with van der Waals surface area (Å²) in [5, 5.41) is 0.443. The Balaban J connectivity index is 3.02. The Morgan fingerprint density at radius 1 is 1.47 bits per heavy atom. The van der Waals surface area contributed by atoms with Gasteiger partial charge >= 0.3 is 5.97 Å². The number of nitrogens with zero attached hydrogens (tertiary/aromatic N) is 1. The van der Waals surface area contributed by atoms with Crippen LogP contribution in [0.25, 0.3) is 0 Å². The van der Waals surface area contributed by atoms with Crippen molar-refractivity contribution in [2.45, 2.75) is 13.3 Å². The van der Waals surface area contributed by atoms with E-state index in [0.29, 0.717) is 28.6 Å². The maximum atomic E-state index is 11.6. The zero-order valence-electron chi connectivity index (χ0n) is 10.3. The first-order valence-electron chi connectivity index (χ1n) is 5.40. The van der Waals surface area contributed by atoms with Crippen molar-refractivity contribution >= 4 is 28.9 Å². The van der Waals surface area contributed by atoms with Gasteiger partial charge in [-0.25, -0.2) is 4.79 Å². The lowest BCUT2D eigenvalue weighted by Gasteiger charge is -2.17. The number of nitrogens with two attached hydrogens (primary N) is 1. The highest BCUT2D eigenvalue weighted by Crippen LogP contribution is 2.32. The van der Waals surface area contributed by atoms with Crippen LogP contribution in [0.2, 0.25) is 5.02 Å². The highest BCUT2D eigenvalue weighted by molar-refractivity contribution is 6.34. The molecule has 17 heavy (non-hydrogen) atoms. The van der Waals surface area contributed by atoms with Gasteiger partial charge in [-0.1, -0.05) is 18.5 Å². The van der Waals surface area contributed by atoms with Crippen molar-refractivity contribution in [1.82, 2.24) is 0 Å². The molecular formula is C12H17ClN2O2. The van der Waals surface area contributed by atoms with Gasteiger partial charge in [-0.05, 0) is 18.6 Å². The molecule has 0 aliphatic rings. The third-order valence-electron chi connectivity index (χ3n) is 2.21. The highest BCUT2D eigenvalue weighted by atomic mass is 35.5. The van der Waals surface area contributed by atoms with Gasteiger partial charge in [0.05, 0.1) is 28.6 Å². The Kier molecular flexibility index (Phi) is 4.63. The van der Waals surface area contributed by atoms with E-state index < -0.39 is 5.97 Å². The minimum Gasteiger partial charge on any atom is -0.462 e. The molecule has 5 heteroatoms. The Bertz CT molecular complexity index is 396. The predicted octanol–water partition coefficient (Wildman–Crippen LogP) is 2.56. The molecule has 0 fully saturated rings. The van der Waals surface area contributed by atoms with Crippen molar-refractivity contribution in [3.63, 3.8) is 0 Å². The molecule has 0 saturated carbocycles. The molecule has 0 radical (unpaired) electrons. The van der Waals surface area contributed by atoms with Crippen molar-refractivity contribution in [3.05, 3.63) is 22.7 Å². The molecule has 0 bridgehead atoms. The summed E-state index contributed by atoms with van der Waals surface area (Å²) in [7, 11) is 3.68. The molecule has 4 nitrogen and oxygen atoms in total. The molecule has 94 valence electrons. The quantitative estimate of drug-likeness (QED) is 0.665. The highest BCUT2D eigenvalue weighted by Gasteiger charge is 2.14. The third-order valence-corrected chi connectivity index (χ3v) is 2.50. The number of halogens is 1. The van der Waals surface area contributed by atoms with E-state index in [-0.39, 0.29) is 0 Å². The zero-order valence-corrected chi connectivity index (χ0v) is 11.0. The molecule has 0 spiro atoms. The van der Waals surface area contributed by atoms with Gasteiger partial charge in [-0.2, -0.15) is 0 Å². The second-order valence-electron chi connectivity index (χ2n) is 3.93. The maximum absolute atomic E-state index is 11.6. The molecule has 0 atom stereocenters. The van der Waals surface area contributed by atoms with Crippen molar-refractivity contribution in [1.29, 1.82) is 0 Å². The number of esters is 1. The van der Waals surface area contributed by atoms with Gasteiger partial charge in [0, 0.05) is 14.1 Å². The van der Waals surface area contributed by atoms with E-state index in [2.05, 4.69) is 0 Å². The van der Waals surface area contributed by atoms with Crippen LogP contribution in [0.5, 0.6) is 0 Å². The molecule has 0 unspecified atom stereocenters. The van der Waals surface area contributed by atoms with Crippen molar-refractivity contribution in [2.24, 2.45) is 0 Å². The van der Waals surface area contributed by atoms with Crippen LogP contribution in [0.1, 0.15) is 23.7 Å². The summed E-state index contributed by atoms with van der Waals surface area (Å²) in [6, 6.07) is 3.16. The fraction of sp³-hybridized carbons (Fsp3) is 0.417. The van der Waals surface area contributed by atoms with Crippen molar-refractivity contribution in [3.8, 4) is 0 Å². The van der Waals surface area contributed by atoms with E-state index in [1.807, 2.05) is 21.0 Å². The predicted molar refractivity (Wildman–Crippen MR) is 70.8 cm³/mol. The van der Waals surface area contributed by atoms with Gasteiger partial charge in [0.1, 0.15) is 0 Å². The smallest absolute Gasteiger partial charge is 0.338 e. The fourth-order valence-electron chi connectivity index (χ4n) is 1.49. The van der Waals surface area contributed by atoms with Gasteiger partial charge in [0.15, 0.2) is 0 Å². The molecule has 2 N–H and O–H groups in total. The largest absolute Gasteiger partial charge is 0.462 e. The summed E-state index contributed by atoms with van der Waals surface area (Å²) in [4.78, 5) is 13.4. The van der Waals surface area contributed by atoms with Crippen molar-refractivity contribution in [2.75, 3.05) is 31.3 Å². The molecule has 0 saturated heterocycles. The van der Waals surface area contributed by atoms with Crippen molar-refractivity contribution < 1.29 is 9.53 Å². The molecule has 1 aromatic rings. The Labute approximate surface area is 106 Å².